The fourth-order valence-corrected chi connectivity index (χ4v) is 1.46. The first-order valence-electron chi connectivity index (χ1n) is 3.63. The molecule has 0 N–H and O–H groups in total. The van der Waals surface area contributed by atoms with Crippen LogP contribution in [-0.4, -0.2) is 15.6 Å². The van der Waals surface area contributed by atoms with Crippen LogP contribution in [0.1, 0.15) is 0 Å². The molecule has 63 valence electrons. The summed E-state index contributed by atoms with van der Waals surface area (Å²) in [6, 6.07) is 5.49. The molecule has 0 bridgehead atoms. The van der Waals surface area contributed by atoms with Crippen LogP contribution in [0.3, 0.4) is 0 Å². The molecular weight excluding hydrogens is 184 g/mol. The van der Waals surface area contributed by atoms with Gasteiger partial charge in [-0.15, -0.1) is 0 Å². The van der Waals surface area contributed by atoms with Gasteiger partial charge in [-0.2, -0.15) is 0 Å². The van der Waals surface area contributed by atoms with Crippen molar-refractivity contribution in [1.29, 1.82) is 0 Å². The van der Waals surface area contributed by atoms with Gasteiger partial charge in [0.15, 0.2) is 5.62 Å². The van der Waals surface area contributed by atoms with Gasteiger partial charge in [-0.05, 0) is 18.2 Å². The molecular formula is C9H5N2OS. The largest absolute Gasteiger partial charge is 0.291 e. The highest BCUT2D eigenvalue weighted by atomic mass is 32.2. The van der Waals surface area contributed by atoms with Gasteiger partial charge in [0.2, 0.25) is 0 Å². The molecule has 0 saturated heterocycles. The highest BCUT2D eigenvalue weighted by Gasteiger charge is 1.97. The average Bonchev–Trinajstić information content (AvgIpc) is 2.18. The molecule has 1 aromatic carbocycles. The number of rotatable bonds is 2. The molecule has 1 heterocycles. The summed E-state index contributed by atoms with van der Waals surface area (Å²) in [5.41, 5.74) is 2.37. The lowest BCUT2D eigenvalue weighted by Gasteiger charge is -1.96. The summed E-state index contributed by atoms with van der Waals surface area (Å²) in [5.74, 6) is 0. The van der Waals surface area contributed by atoms with E-state index >= 15 is 0 Å². The van der Waals surface area contributed by atoms with E-state index in [-0.39, 0.29) is 0 Å². The quantitative estimate of drug-likeness (QED) is 0.533. The lowest BCUT2D eigenvalue weighted by atomic mass is 10.3. The summed E-state index contributed by atoms with van der Waals surface area (Å²) in [7, 11) is 0. The molecule has 0 aliphatic rings. The fourth-order valence-electron chi connectivity index (χ4n) is 1.03. The second-order valence-electron chi connectivity index (χ2n) is 2.36. The van der Waals surface area contributed by atoms with Gasteiger partial charge in [0.05, 0.1) is 17.2 Å². The smallest absolute Gasteiger partial charge is 0.180 e. The molecule has 0 spiro atoms. The number of hydrogen-bond donors (Lipinski definition) is 0. The molecule has 1 radical (unpaired) electrons. The first-order chi connectivity index (χ1) is 6.40. The molecule has 0 aliphatic heterocycles. The van der Waals surface area contributed by atoms with E-state index in [1.54, 1.807) is 0 Å². The Labute approximate surface area is 79.2 Å². The predicted molar refractivity (Wildman–Crippen MR) is 51.0 cm³/mol. The highest BCUT2D eigenvalue weighted by Crippen LogP contribution is 2.18. The lowest BCUT2D eigenvalue weighted by molar-refractivity contribution is 0.570. The van der Waals surface area contributed by atoms with Crippen molar-refractivity contribution in [3.8, 4) is 0 Å². The molecule has 0 amide bonds. The maximum absolute atomic E-state index is 10.2. The monoisotopic (exact) mass is 189 g/mol. The van der Waals surface area contributed by atoms with Crippen LogP contribution in [0.4, 0.5) is 0 Å². The highest BCUT2D eigenvalue weighted by molar-refractivity contribution is 8.11. The fraction of sp³-hybridized carbons (Fsp3) is 0. The Bertz CT molecular complexity index is 444. The van der Waals surface area contributed by atoms with Crippen molar-refractivity contribution in [3.05, 3.63) is 30.6 Å². The maximum Gasteiger partial charge on any atom is 0.180 e. The van der Waals surface area contributed by atoms with Gasteiger partial charge in [-0.1, -0.05) is 11.8 Å². The van der Waals surface area contributed by atoms with E-state index in [4.69, 9.17) is 0 Å². The molecule has 0 saturated carbocycles. The number of thioether (sulfide) groups is 1. The van der Waals surface area contributed by atoms with Crippen molar-refractivity contribution in [2.75, 3.05) is 0 Å². The first kappa shape index (κ1) is 8.19. The maximum atomic E-state index is 10.2. The molecule has 0 fully saturated rings. The molecule has 13 heavy (non-hydrogen) atoms. The molecule has 0 atom stereocenters. The molecule has 2 rings (SSSR count). The minimum atomic E-state index is 0.783. The standard InChI is InChI=1S/C9H5N2OS/c12-6-13-7-1-2-8-9(5-7)11-4-3-10-8/h1-2,4-6H. The minimum Gasteiger partial charge on any atom is -0.291 e. The Balaban J connectivity index is 2.55. The van der Waals surface area contributed by atoms with Gasteiger partial charge in [0, 0.05) is 4.90 Å². The normalized spacial score (nSPS) is 10.2. The third-order valence-corrected chi connectivity index (χ3v) is 2.20. The number of hydrogen-bond acceptors (Lipinski definition) is 4. The average molecular weight is 189 g/mol. The molecule has 4 heteroatoms. The van der Waals surface area contributed by atoms with Crippen molar-refractivity contribution in [1.82, 2.24) is 9.97 Å². The Morgan fingerprint density at radius 2 is 2.31 bits per heavy atom. The third kappa shape index (κ3) is 1.67. The molecule has 3 nitrogen and oxygen atoms in total. The second kappa shape index (κ2) is 3.53. The summed E-state index contributed by atoms with van der Waals surface area (Å²) < 4.78 is 0. The summed E-state index contributed by atoms with van der Waals surface area (Å²) in [5, 5.41) is 0. The minimum absolute atomic E-state index is 0.783. The number of fused-ring (bicyclic) bond motifs is 1. The van der Waals surface area contributed by atoms with Crippen molar-refractivity contribution in [3.63, 3.8) is 0 Å². The molecule has 0 unspecified atom stereocenters. The first-order valence-corrected chi connectivity index (χ1v) is 4.51. The van der Waals surface area contributed by atoms with E-state index in [0.717, 1.165) is 33.3 Å². The van der Waals surface area contributed by atoms with Gasteiger partial charge in [0.1, 0.15) is 6.20 Å². The zero-order valence-electron chi connectivity index (χ0n) is 6.60. The number of carbonyl (C=O) groups excluding carboxylic acids is 1. The van der Waals surface area contributed by atoms with E-state index in [0.29, 0.717) is 0 Å². The summed E-state index contributed by atoms with van der Waals surface area (Å²) in [6.45, 7) is 0. The van der Waals surface area contributed by atoms with Crippen LogP contribution in [0.2, 0.25) is 0 Å². The van der Waals surface area contributed by atoms with Crippen LogP contribution in [-0.2, 0) is 4.79 Å². The lowest BCUT2D eigenvalue weighted by Crippen LogP contribution is -1.82. The van der Waals surface area contributed by atoms with E-state index in [1.807, 2.05) is 18.2 Å². The Hall–Kier alpha value is -1.42. The number of carbonyl (C=O) groups is 1. The van der Waals surface area contributed by atoms with Crippen LogP contribution in [0.25, 0.3) is 11.0 Å². The van der Waals surface area contributed by atoms with Crippen molar-refractivity contribution in [2.24, 2.45) is 0 Å². The number of benzene rings is 1. The van der Waals surface area contributed by atoms with E-state index in [9.17, 15) is 4.79 Å². The topological polar surface area (TPSA) is 42.9 Å². The zero-order chi connectivity index (χ0) is 9.10. The van der Waals surface area contributed by atoms with Crippen molar-refractivity contribution < 1.29 is 4.79 Å². The van der Waals surface area contributed by atoms with E-state index in [1.165, 1.54) is 6.20 Å². The Kier molecular flexibility index (Phi) is 2.23. The van der Waals surface area contributed by atoms with Crippen molar-refractivity contribution in [2.45, 2.75) is 4.90 Å². The molecule has 0 aliphatic carbocycles. The molecule has 1 aromatic heterocycles. The van der Waals surface area contributed by atoms with Gasteiger partial charge in [0.25, 0.3) is 0 Å². The number of aromatic nitrogens is 2. The predicted octanol–water partition coefficient (Wildman–Crippen LogP) is 1.71. The van der Waals surface area contributed by atoms with Crippen LogP contribution in [0, 0.1) is 6.20 Å². The summed E-state index contributed by atoms with van der Waals surface area (Å²) >= 11 is 1.13. The van der Waals surface area contributed by atoms with E-state index < -0.39 is 0 Å². The molecule has 2 aromatic rings. The Morgan fingerprint density at radius 1 is 1.38 bits per heavy atom. The Morgan fingerprint density at radius 3 is 3.15 bits per heavy atom. The second-order valence-corrected chi connectivity index (χ2v) is 3.26. The van der Waals surface area contributed by atoms with E-state index in [2.05, 4.69) is 16.2 Å². The third-order valence-electron chi connectivity index (χ3n) is 1.58. The van der Waals surface area contributed by atoms with Gasteiger partial charge in [-0.25, -0.2) is 4.98 Å². The summed E-state index contributed by atoms with van der Waals surface area (Å²) in [4.78, 5) is 19.2. The van der Waals surface area contributed by atoms with Crippen LogP contribution in [0.15, 0.2) is 29.3 Å². The van der Waals surface area contributed by atoms with Crippen molar-refractivity contribution >= 4 is 28.4 Å². The van der Waals surface area contributed by atoms with Gasteiger partial charge >= 0.3 is 0 Å². The SMILES string of the molecule is O=CSc1ccc2n[c]cnc2c1. The van der Waals surface area contributed by atoms with Crippen LogP contribution >= 0.6 is 11.8 Å². The zero-order valence-corrected chi connectivity index (χ0v) is 7.41. The van der Waals surface area contributed by atoms with Crippen LogP contribution < -0.4 is 0 Å². The van der Waals surface area contributed by atoms with Gasteiger partial charge < -0.3 is 0 Å². The summed E-state index contributed by atoms with van der Waals surface area (Å²) in [6.07, 6.45) is 4.16. The van der Waals surface area contributed by atoms with Gasteiger partial charge in [-0.3, -0.25) is 9.78 Å². The van der Waals surface area contributed by atoms with Crippen LogP contribution in [0.5, 0.6) is 0 Å². The number of nitrogens with zero attached hydrogens (tertiary/aromatic N) is 2.